The van der Waals surface area contributed by atoms with Crippen molar-refractivity contribution in [2.75, 3.05) is 17.7 Å². The van der Waals surface area contributed by atoms with Crippen molar-refractivity contribution in [1.29, 1.82) is 0 Å². The monoisotopic (exact) mass is 506 g/mol. The summed E-state index contributed by atoms with van der Waals surface area (Å²) < 4.78 is 7.04. The van der Waals surface area contributed by atoms with E-state index in [9.17, 15) is 4.79 Å². The lowest BCUT2D eigenvalue weighted by molar-refractivity contribution is -0.113. The number of benzene rings is 2. The van der Waals surface area contributed by atoms with Crippen molar-refractivity contribution in [2.24, 2.45) is 0 Å². The van der Waals surface area contributed by atoms with Gasteiger partial charge in [0.15, 0.2) is 5.82 Å². The highest BCUT2D eigenvalue weighted by Crippen LogP contribution is 2.38. The fourth-order valence-electron chi connectivity index (χ4n) is 3.98. The summed E-state index contributed by atoms with van der Waals surface area (Å²) in [5.41, 5.74) is 2.89. The Labute approximate surface area is 211 Å². The number of fused-ring (bicyclic) bond motifs is 1. The zero-order valence-corrected chi connectivity index (χ0v) is 20.3. The zero-order valence-electron chi connectivity index (χ0n) is 18.8. The summed E-state index contributed by atoms with van der Waals surface area (Å²) in [5.74, 6) is 1.10. The molecule has 3 heterocycles. The fourth-order valence-corrected chi connectivity index (χ4v) is 4.47. The van der Waals surface area contributed by atoms with E-state index in [1.807, 2.05) is 37.3 Å². The van der Waals surface area contributed by atoms with Gasteiger partial charge in [-0.3, -0.25) is 9.78 Å². The Hall–Kier alpha value is -3.88. The third-order valence-electron chi connectivity index (χ3n) is 5.59. The third-order valence-corrected chi connectivity index (χ3v) is 6.14. The number of nitrogens with zero attached hydrogens (tertiary/aromatic N) is 4. The van der Waals surface area contributed by atoms with Crippen LogP contribution in [0, 0.1) is 0 Å². The summed E-state index contributed by atoms with van der Waals surface area (Å²) in [6.45, 7) is 1.82. The molecule has 0 saturated heterocycles. The smallest absolute Gasteiger partial charge is 0.256 e. The van der Waals surface area contributed by atoms with Crippen molar-refractivity contribution in [2.45, 2.75) is 13.0 Å². The van der Waals surface area contributed by atoms with Gasteiger partial charge in [-0.25, -0.2) is 4.68 Å². The van der Waals surface area contributed by atoms with E-state index in [-0.39, 0.29) is 5.91 Å². The Kier molecular flexibility index (Phi) is 6.15. The predicted molar refractivity (Wildman–Crippen MR) is 136 cm³/mol. The van der Waals surface area contributed by atoms with Gasteiger partial charge in [-0.05, 0) is 49.4 Å². The van der Waals surface area contributed by atoms with Gasteiger partial charge < -0.3 is 15.4 Å². The maximum atomic E-state index is 13.6. The Morgan fingerprint density at radius 1 is 1.11 bits per heavy atom. The molecule has 0 spiro atoms. The highest BCUT2D eigenvalue weighted by molar-refractivity contribution is 6.36. The molecule has 2 aromatic carbocycles. The van der Waals surface area contributed by atoms with Crippen LogP contribution in [0.2, 0.25) is 10.0 Å². The molecule has 0 bridgehead atoms. The number of halogens is 2. The zero-order chi connectivity index (χ0) is 24.5. The summed E-state index contributed by atoms with van der Waals surface area (Å²) in [7, 11) is 1.56. The number of anilines is 2. The molecule has 0 fully saturated rings. The minimum atomic E-state index is -0.630. The molecular formula is C25H20Cl2N6O2. The van der Waals surface area contributed by atoms with Crippen LogP contribution in [0.25, 0.3) is 11.4 Å². The van der Waals surface area contributed by atoms with E-state index in [2.05, 4.69) is 20.6 Å². The second kappa shape index (κ2) is 9.40. The molecule has 176 valence electrons. The van der Waals surface area contributed by atoms with Gasteiger partial charge >= 0.3 is 0 Å². The van der Waals surface area contributed by atoms with Gasteiger partial charge in [0.2, 0.25) is 5.95 Å². The average Bonchev–Trinajstić information content (AvgIpc) is 3.27. The van der Waals surface area contributed by atoms with E-state index >= 15 is 0 Å². The van der Waals surface area contributed by atoms with Gasteiger partial charge in [0.25, 0.3) is 5.91 Å². The van der Waals surface area contributed by atoms with E-state index in [1.165, 1.54) is 0 Å². The molecule has 1 unspecified atom stereocenters. The van der Waals surface area contributed by atoms with Crippen LogP contribution in [0.1, 0.15) is 18.7 Å². The maximum absolute atomic E-state index is 13.6. The van der Waals surface area contributed by atoms with Crippen LogP contribution in [0.5, 0.6) is 5.75 Å². The summed E-state index contributed by atoms with van der Waals surface area (Å²) in [5, 5.41) is 11.8. The lowest BCUT2D eigenvalue weighted by Crippen LogP contribution is -2.32. The van der Waals surface area contributed by atoms with Gasteiger partial charge in [0.05, 0.1) is 29.1 Å². The number of allylic oxidation sites excluding steroid dienone is 1. The van der Waals surface area contributed by atoms with Crippen molar-refractivity contribution in [3.8, 4) is 17.1 Å². The lowest BCUT2D eigenvalue weighted by Gasteiger charge is -2.28. The normalized spacial score (nSPS) is 14.8. The van der Waals surface area contributed by atoms with E-state index < -0.39 is 6.04 Å². The molecule has 1 aliphatic rings. The number of methoxy groups -OCH3 is 1. The van der Waals surface area contributed by atoms with E-state index in [0.717, 1.165) is 0 Å². The molecule has 4 aromatic rings. The quantitative estimate of drug-likeness (QED) is 0.366. The number of rotatable bonds is 5. The summed E-state index contributed by atoms with van der Waals surface area (Å²) in [4.78, 5) is 22.8. The maximum Gasteiger partial charge on any atom is 0.256 e. The molecule has 5 rings (SSSR count). The van der Waals surface area contributed by atoms with Crippen molar-refractivity contribution < 1.29 is 9.53 Å². The van der Waals surface area contributed by atoms with Crippen LogP contribution in [0.4, 0.5) is 11.6 Å². The van der Waals surface area contributed by atoms with E-state index in [1.54, 1.807) is 48.3 Å². The van der Waals surface area contributed by atoms with Crippen LogP contribution in [0.3, 0.4) is 0 Å². The standard InChI is InChI=1S/C25H20Cl2N6O2/c1-14-21(24(34)30-18-7-3-4-9-20(18)35-2)22(19-8-5-6-12-28-19)33-25(29-14)31-23(32-33)16-11-10-15(26)13-17(16)27/h3-13,22H,1-2H3,(H,30,34)(H,29,31,32). The van der Waals surface area contributed by atoms with Gasteiger partial charge in [0.1, 0.15) is 11.8 Å². The number of nitrogens with one attached hydrogen (secondary N) is 2. The number of carbonyl (C=O) groups excluding carboxylic acids is 1. The van der Waals surface area contributed by atoms with Crippen molar-refractivity contribution in [1.82, 2.24) is 19.7 Å². The first kappa shape index (κ1) is 22.9. The lowest BCUT2D eigenvalue weighted by atomic mass is 9.98. The molecule has 0 aliphatic carbocycles. The first-order valence-electron chi connectivity index (χ1n) is 10.7. The molecular weight excluding hydrogens is 487 g/mol. The summed E-state index contributed by atoms with van der Waals surface area (Å²) in [6.07, 6.45) is 1.68. The number of para-hydroxylation sites is 2. The SMILES string of the molecule is COc1ccccc1NC(=O)C1=C(C)Nc2nc(-c3ccc(Cl)cc3Cl)nn2C1c1ccccn1. The van der Waals surface area contributed by atoms with Crippen molar-refractivity contribution >= 4 is 40.7 Å². The highest BCUT2D eigenvalue weighted by Gasteiger charge is 2.35. The van der Waals surface area contributed by atoms with Gasteiger partial charge in [-0.2, -0.15) is 4.98 Å². The number of amides is 1. The van der Waals surface area contributed by atoms with Crippen LogP contribution in [0.15, 0.2) is 78.1 Å². The molecule has 2 N–H and O–H groups in total. The average molecular weight is 507 g/mol. The predicted octanol–water partition coefficient (Wildman–Crippen LogP) is 5.58. The third kappa shape index (κ3) is 4.34. The first-order chi connectivity index (χ1) is 17.0. The van der Waals surface area contributed by atoms with E-state index in [4.69, 9.17) is 33.0 Å². The van der Waals surface area contributed by atoms with Crippen LogP contribution in [-0.4, -0.2) is 32.8 Å². The van der Waals surface area contributed by atoms with Gasteiger partial charge in [-0.15, -0.1) is 5.10 Å². The van der Waals surface area contributed by atoms with Crippen LogP contribution < -0.4 is 15.4 Å². The van der Waals surface area contributed by atoms with Crippen molar-refractivity contribution in [3.63, 3.8) is 0 Å². The Morgan fingerprint density at radius 2 is 1.91 bits per heavy atom. The molecule has 35 heavy (non-hydrogen) atoms. The number of ether oxygens (including phenoxy) is 1. The fraction of sp³-hybridized carbons (Fsp3) is 0.120. The molecule has 1 atom stereocenters. The summed E-state index contributed by atoms with van der Waals surface area (Å²) >= 11 is 12.5. The minimum Gasteiger partial charge on any atom is -0.495 e. The summed E-state index contributed by atoms with van der Waals surface area (Å²) in [6, 6.07) is 17.2. The molecule has 1 aliphatic heterocycles. The Balaban J connectivity index is 1.60. The second-order valence-electron chi connectivity index (χ2n) is 7.80. The number of aromatic nitrogens is 4. The first-order valence-corrected chi connectivity index (χ1v) is 11.5. The van der Waals surface area contributed by atoms with Crippen molar-refractivity contribution in [3.05, 3.63) is 93.9 Å². The Bertz CT molecular complexity index is 1450. The number of carbonyl (C=O) groups is 1. The second-order valence-corrected chi connectivity index (χ2v) is 8.65. The molecule has 10 heteroatoms. The van der Waals surface area contributed by atoms with Crippen LogP contribution in [-0.2, 0) is 4.79 Å². The largest absolute Gasteiger partial charge is 0.495 e. The molecule has 8 nitrogen and oxygen atoms in total. The molecule has 1 amide bonds. The number of hydrogen-bond acceptors (Lipinski definition) is 6. The van der Waals surface area contributed by atoms with Gasteiger partial charge in [0, 0.05) is 22.5 Å². The molecule has 0 saturated carbocycles. The Morgan fingerprint density at radius 3 is 2.66 bits per heavy atom. The van der Waals surface area contributed by atoms with Gasteiger partial charge in [-0.1, -0.05) is 41.4 Å². The number of pyridine rings is 1. The molecule has 2 aromatic heterocycles. The highest BCUT2D eigenvalue weighted by atomic mass is 35.5. The van der Waals surface area contributed by atoms with E-state index in [0.29, 0.717) is 55.8 Å². The van der Waals surface area contributed by atoms with Crippen LogP contribution >= 0.6 is 23.2 Å². The topological polar surface area (TPSA) is 94.0 Å². The minimum absolute atomic E-state index is 0.317. The molecule has 0 radical (unpaired) electrons. The number of hydrogen-bond donors (Lipinski definition) is 2.